The van der Waals surface area contributed by atoms with E-state index in [-0.39, 0.29) is 12.1 Å². The standard InChI is InChI=1S/C25H22N2O/c1-15-11-12-22-19(13-15)23-17-8-4-3-7-16(17)14-20(23)24-18-9-5-6-10-21(18)26(2)25(28)27(22)24/h3-13,20,23-24H,14H2,1-2H3/t20-,23-,24+/m1/s1. The number of rotatable bonds is 0. The molecule has 3 atom stereocenters. The fourth-order valence-corrected chi connectivity index (χ4v) is 5.70. The number of aryl methyl sites for hydroxylation is 1. The minimum absolute atomic E-state index is 0.0724. The summed E-state index contributed by atoms with van der Waals surface area (Å²) in [6.45, 7) is 2.14. The summed E-state index contributed by atoms with van der Waals surface area (Å²) in [7, 11) is 1.89. The van der Waals surface area contributed by atoms with Crippen molar-refractivity contribution in [3.05, 3.63) is 94.5 Å². The molecule has 3 aromatic rings. The lowest BCUT2D eigenvalue weighted by Crippen LogP contribution is -2.53. The van der Waals surface area contributed by atoms with Crippen LogP contribution in [-0.2, 0) is 6.42 Å². The summed E-state index contributed by atoms with van der Waals surface area (Å²) in [6.07, 6.45) is 1.01. The molecule has 0 saturated carbocycles. The highest BCUT2D eigenvalue weighted by Gasteiger charge is 2.51. The minimum Gasteiger partial charge on any atom is -0.297 e. The molecule has 3 aromatic carbocycles. The predicted molar refractivity (Wildman–Crippen MR) is 112 cm³/mol. The zero-order valence-corrected chi connectivity index (χ0v) is 16.1. The Hall–Kier alpha value is -3.07. The van der Waals surface area contributed by atoms with Crippen LogP contribution in [0.3, 0.4) is 0 Å². The molecule has 0 saturated heterocycles. The average Bonchev–Trinajstić information content (AvgIpc) is 3.11. The van der Waals surface area contributed by atoms with E-state index in [1.807, 2.05) is 13.1 Å². The highest BCUT2D eigenvalue weighted by Crippen LogP contribution is 2.58. The van der Waals surface area contributed by atoms with Crippen LogP contribution in [0.25, 0.3) is 0 Å². The highest BCUT2D eigenvalue weighted by molar-refractivity contribution is 6.07. The smallest absolute Gasteiger partial charge is 0.297 e. The number of amides is 2. The Morgan fingerprint density at radius 3 is 2.46 bits per heavy atom. The van der Waals surface area contributed by atoms with Crippen molar-refractivity contribution in [1.29, 1.82) is 0 Å². The number of anilines is 2. The van der Waals surface area contributed by atoms with Crippen LogP contribution in [0.1, 0.15) is 39.8 Å². The van der Waals surface area contributed by atoms with E-state index in [1.54, 1.807) is 4.90 Å². The zero-order valence-electron chi connectivity index (χ0n) is 16.1. The van der Waals surface area contributed by atoms with Gasteiger partial charge in [0.05, 0.1) is 17.4 Å². The first-order valence-electron chi connectivity index (χ1n) is 9.99. The Bertz CT molecular complexity index is 1130. The fourth-order valence-electron chi connectivity index (χ4n) is 5.70. The van der Waals surface area contributed by atoms with Gasteiger partial charge < -0.3 is 0 Å². The van der Waals surface area contributed by atoms with Crippen LogP contribution >= 0.6 is 0 Å². The second kappa shape index (κ2) is 5.48. The van der Waals surface area contributed by atoms with Crippen molar-refractivity contribution in [3.63, 3.8) is 0 Å². The third-order valence-corrected chi connectivity index (χ3v) is 6.85. The first-order valence-corrected chi connectivity index (χ1v) is 9.99. The first-order chi connectivity index (χ1) is 13.6. The summed E-state index contributed by atoms with van der Waals surface area (Å²) in [5.74, 6) is 0.710. The van der Waals surface area contributed by atoms with Crippen molar-refractivity contribution >= 4 is 17.4 Å². The van der Waals surface area contributed by atoms with Gasteiger partial charge in [0.1, 0.15) is 0 Å². The molecule has 0 spiro atoms. The van der Waals surface area contributed by atoms with Gasteiger partial charge in [-0.05, 0) is 53.6 Å². The Morgan fingerprint density at radius 1 is 0.857 bits per heavy atom. The van der Waals surface area contributed by atoms with Gasteiger partial charge in [0.2, 0.25) is 0 Å². The number of hydrogen-bond donors (Lipinski definition) is 0. The van der Waals surface area contributed by atoms with Crippen LogP contribution in [0.2, 0.25) is 0 Å². The molecule has 3 nitrogen and oxygen atoms in total. The minimum atomic E-state index is 0.0724. The molecule has 138 valence electrons. The maximum Gasteiger partial charge on any atom is 0.329 e. The molecule has 0 bridgehead atoms. The van der Waals surface area contributed by atoms with Crippen molar-refractivity contribution in [2.24, 2.45) is 5.92 Å². The third-order valence-electron chi connectivity index (χ3n) is 6.85. The molecule has 0 unspecified atom stereocenters. The van der Waals surface area contributed by atoms with Crippen molar-refractivity contribution in [1.82, 2.24) is 0 Å². The number of fused-ring (bicyclic) bond motifs is 10. The van der Waals surface area contributed by atoms with Crippen LogP contribution in [0.4, 0.5) is 16.2 Å². The number of nitrogens with zero attached hydrogens (tertiary/aromatic N) is 2. The molecular formula is C25H22N2O. The van der Waals surface area contributed by atoms with E-state index in [1.165, 1.54) is 27.8 Å². The van der Waals surface area contributed by atoms with E-state index in [2.05, 4.69) is 72.5 Å². The molecule has 0 fully saturated rings. The van der Waals surface area contributed by atoms with Gasteiger partial charge in [0, 0.05) is 13.0 Å². The molecule has 28 heavy (non-hydrogen) atoms. The lowest BCUT2D eigenvalue weighted by atomic mass is 9.73. The zero-order chi connectivity index (χ0) is 19.0. The van der Waals surface area contributed by atoms with Gasteiger partial charge in [-0.3, -0.25) is 9.80 Å². The first kappa shape index (κ1) is 15.9. The van der Waals surface area contributed by atoms with E-state index >= 15 is 0 Å². The van der Waals surface area contributed by atoms with Crippen molar-refractivity contribution in [3.8, 4) is 0 Å². The molecule has 2 aliphatic heterocycles. The number of urea groups is 1. The Kier molecular flexibility index (Phi) is 3.12. The SMILES string of the molecule is Cc1ccc2c(c1)[C@H]1c3ccccc3C[C@H]1[C@@H]1c3ccccc3N(C)C(=O)N21. The molecule has 1 aliphatic carbocycles. The molecule has 2 amide bonds. The van der Waals surface area contributed by atoms with Crippen LogP contribution in [-0.4, -0.2) is 13.1 Å². The van der Waals surface area contributed by atoms with E-state index in [9.17, 15) is 4.79 Å². The van der Waals surface area contributed by atoms with Gasteiger partial charge in [-0.25, -0.2) is 4.79 Å². The van der Waals surface area contributed by atoms with Gasteiger partial charge in [0.25, 0.3) is 0 Å². The molecule has 2 heterocycles. The van der Waals surface area contributed by atoms with Crippen molar-refractivity contribution < 1.29 is 4.79 Å². The second-order valence-electron chi connectivity index (χ2n) is 8.32. The number of carbonyl (C=O) groups is 1. The molecule has 0 aromatic heterocycles. The number of para-hydroxylation sites is 1. The van der Waals surface area contributed by atoms with E-state index in [4.69, 9.17) is 0 Å². The van der Waals surface area contributed by atoms with Crippen molar-refractivity contribution in [2.75, 3.05) is 16.8 Å². The van der Waals surface area contributed by atoms with Gasteiger partial charge >= 0.3 is 6.03 Å². The van der Waals surface area contributed by atoms with Crippen molar-refractivity contribution in [2.45, 2.75) is 25.3 Å². The summed E-state index contributed by atoms with van der Waals surface area (Å²) >= 11 is 0. The number of carbonyl (C=O) groups excluding carboxylic acids is 1. The molecule has 3 heteroatoms. The van der Waals surface area contributed by atoms with E-state index in [0.717, 1.165) is 17.8 Å². The Morgan fingerprint density at radius 2 is 1.61 bits per heavy atom. The normalized spacial score (nSPS) is 24.2. The molecule has 0 radical (unpaired) electrons. The number of benzene rings is 3. The van der Waals surface area contributed by atoms with Crippen LogP contribution in [0.5, 0.6) is 0 Å². The van der Waals surface area contributed by atoms with E-state index in [0.29, 0.717) is 11.8 Å². The topological polar surface area (TPSA) is 23.6 Å². The predicted octanol–water partition coefficient (Wildman–Crippen LogP) is 5.43. The lowest BCUT2D eigenvalue weighted by Gasteiger charge is -2.49. The van der Waals surface area contributed by atoms with Gasteiger partial charge in [0.15, 0.2) is 0 Å². The molecular weight excluding hydrogens is 344 g/mol. The Labute approximate surface area is 165 Å². The maximum atomic E-state index is 13.5. The number of hydrogen-bond acceptors (Lipinski definition) is 1. The van der Waals surface area contributed by atoms with Crippen LogP contribution in [0.15, 0.2) is 66.7 Å². The summed E-state index contributed by atoms with van der Waals surface area (Å²) in [6, 6.07) is 24.0. The van der Waals surface area contributed by atoms with Gasteiger partial charge in [-0.15, -0.1) is 0 Å². The highest BCUT2D eigenvalue weighted by atomic mass is 16.2. The second-order valence-corrected chi connectivity index (χ2v) is 8.32. The van der Waals surface area contributed by atoms with Gasteiger partial charge in [-0.2, -0.15) is 0 Å². The summed E-state index contributed by atoms with van der Waals surface area (Å²) in [4.78, 5) is 17.3. The van der Waals surface area contributed by atoms with Gasteiger partial charge in [-0.1, -0.05) is 60.2 Å². The van der Waals surface area contributed by atoms with E-state index < -0.39 is 0 Å². The maximum absolute atomic E-state index is 13.5. The lowest BCUT2D eigenvalue weighted by molar-refractivity contribution is 0.242. The van der Waals surface area contributed by atoms with Crippen LogP contribution < -0.4 is 9.80 Å². The largest absolute Gasteiger partial charge is 0.329 e. The molecule has 6 rings (SSSR count). The monoisotopic (exact) mass is 366 g/mol. The molecule has 3 aliphatic rings. The van der Waals surface area contributed by atoms with Crippen LogP contribution in [0, 0.1) is 12.8 Å². The summed E-state index contributed by atoms with van der Waals surface area (Å²) in [5.41, 5.74) is 8.78. The summed E-state index contributed by atoms with van der Waals surface area (Å²) < 4.78 is 0. The quantitative estimate of drug-likeness (QED) is 0.520. The third kappa shape index (κ3) is 1.91. The summed E-state index contributed by atoms with van der Waals surface area (Å²) in [5, 5.41) is 0. The average molecular weight is 366 g/mol. The molecule has 0 N–H and O–H groups in total. The fraction of sp³-hybridized carbons (Fsp3) is 0.240. The Balaban J connectivity index is 1.66.